The molecule has 16 heavy (non-hydrogen) atoms. The number of alkyl halides is 3. The third kappa shape index (κ3) is 5.38. The van der Waals surface area contributed by atoms with Crippen LogP contribution in [-0.2, 0) is 11.3 Å². The molecule has 8 heteroatoms. The van der Waals surface area contributed by atoms with E-state index in [0.29, 0.717) is 5.69 Å². The smallest absolute Gasteiger partial charge is 0.383 e. The van der Waals surface area contributed by atoms with Crippen LogP contribution in [0.25, 0.3) is 0 Å². The van der Waals surface area contributed by atoms with Gasteiger partial charge in [0.15, 0.2) is 0 Å². The van der Waals surface area contributed by atoms with E-state index in [4.69, 9.17) is 4.74 Å². The van der Waals surface area contributed by atoms with Crippen LogP contribution in [-0.4, -0.2) is 47.5 Å². The van der Waals surface area contributed by atoms with Crippen molar-refractivity contribution in [2.45, 2.75) is 12.7 Å². The molecule has 0 aromatic carbocycles. The van der Waals surface area contributed by atoms with E-state index in [1.807, 2.05) is 0 Å². The highest BCUT2D eigenvalue weighted by molar-refractivity contribution is 7.03. The van der Waals surface area contributed by atoms with Gasteiger partial charge in [0.2, 0.25) is 0 Å². The zero-order valence-corrected chi connectivity index (χ0v) is 9.51. The first-order valence-electron chi connectivity index (χ1n) is 4.55. The Balaban J connectivity index is 2.50. The summed E-state index contributed by atoms with van der Waals surface area (Å²) in [6, 6.07) is 0. The van der Waals surface area contributed by atoms with Crippen LogP contribution in [0.5, 0.6) is 0 Å². The highest BCUT2D eigenvalue weighted by Crippen LogP contribution is 2.17. The number of rotatable bonds is 6. The fourth-order valence-corrected chi connectivity index (χ4v) is 1.61. The lowest BCUT2D eigenvalue weighted by molar-refractivity contribution is -0.148. The minimum Gasteiger partial charge on any atom is -0.383 e. The number of hydrogen-bond acceptors (Lipinski definition) is 5. The maximum Gasteiger partial charge on any atom is 0.401 e. The van der Waals surface area contributed by atoms with E-state index in [1.165, 1.54) is 12.0 Å². The Morgan fingerprint density at radius 2 is 2.25 bits per heavy atom. The van der Waals surface area contributed by atoms with Crippen LogP contribution in [0.4, 0.5) is 13.2 Å². The van der Waals surface area contributed by atoms with Gasteiger partial charge in [-0.15, -0.1) is 5.10 Å². The first kappa shape index (κ1) is 13.3. The van der Waals surface area contributed by atoms with Crippen molar-refractivity contribution in [1.29, 1.82) is 0 Å². The van der Waals surface area contributed by atoms with Gasteiger partial charge in [0.05, 0.1) is 18.8 Å². The zero-order chi connectivity index (χ0) is 12.0. The number of aromatic nitrogens is 2. The van der Waals surface area contributed by atoms with Gasteiger partial charge in [0.1, 0.15) is 0 Å². The summed E-state index contributed by atoms with van der Waals surface area (Å²) in [5, 5.41) is 5.35. The van der Waals surface area contributed by atoms with Gasteiger partial charge in [-0.25, -0.2) is 0 Å². The van der Waals surface area contributed by atoms with Crippen molar-refractivity contribution in [2.75, 3.05) is 26.8 Å². The van der Waals surface area contributed by atoms with Gasteiger partial charge in [-0.1, -0.05) is 4.49 Å². The van der Waals surface area contributed by atoms with E-state index in [1.54, 1.807) is 5.38 Å². The molecular formula is C8H12F3N3OS. The van der Waals surface area contributed by atoms with E-state index in [0.717, 1.165) is 11.5 Å². The Bertz CT molecular complexity index is 291. The van der Waals surface area contributed by atoms with E-state index < -0.39 is 12.7 Å². The molecule has 1 aromatic heterocycles. The average molecular weight is 255 g/mol. The second-order valence-corrected chi connectivity index (χ2v) is 3.82. The van der Waals surface area contributed by atoms with Gasteiger partial charge in [0.25, 0.3) is 0 Å². The number of methoxy groups -OCH3 is 1. The fraction of sp³-hybridized carbons (Fsp3) is 0.750. The number of nitrogens with zero attached hydrogens (tertiary/aromatic N) is 3. The van der Waals surface area contributed by atoms with Crippen LogP contribution in [0.3, 0.4) is 0 Å². The van der Waals surface area contributed by atoms with Gasteiger partial charge in [0, 0.05) is 25.6 Å². The lowest BCUT2D eigenvalue weighted by Gasteiger charge is -2.21. The van der Waals surface area contributed by atoms with Gasteiger partial charge in [-0.2, -0.15) is 13.2 Å². The summed E-state index contributed by atoms with van der Waals surface area (Å²) in [4.78, 5) is 1.24. The van der Waals surface area contributed by atoms with Crippen molar-refractivity contribution in [3.8, 4) is 0 Å². The minimum absolute atomic E-state index is 0.138. The van der Waals surface area contributed by atoms with Gasteiger partial charge in [-0.3, -0.25) is 4.90 Å². The molecule has 0 saturated heterocycles. The van der Waals surface area contributed by atoms with Crippen LogP contribution < -0.4 is 0 Å². The average Bonchev–Trinajstić information content (AvgIpc) is 2.64. The molecule has 0 spiro atoms. The Hall–Kier alpha value is -0.730. The molecule has 0 unspecified atom stereocenters. The zero-order valence-electron chi connectivity index (χ0n) is 8.70. The second-order valence-electron chi connectivity index (χ2n) is 3.21. The van der Waals surface area contributed by atoms with Crippen molar-refractivity contribution in [1.82, 2.24) is 14.5 Å². The van der Waals surface area contributed by atoms with E-state index in [2.05, 4.69) is 9.59 Å². The maximum atomic E-state index is 12.2. The molecule has 1 aromatic rings. The molecule has 1 heterocycles. The predicted octanol–water partition coefficient (Wildman–Crippen LogP) is 1.55. The molecule has 0 fully saturated rings. The van der Waals surface area contributed by atoms with Gasteiger partial charge in [-0.05, 0) is 11.5 Å². The normalized spacial score (nSPS) is 12.3. The summed E-state index contributed by atoms with van der Waals surface area (Å²) in [7, 11) is 1.45. The molecular weight excluding hydrogens is 243 g/mol. The third-order valence-electron chi connectivity index (χ3n) is 1.81. The van der Waals surface area contributed by atoms with Crippen molar-refractivity contribution in [3.63, 3.8) is 0 Å². The van der Waals surface area contributed by atoms with Crippen LogP contribution in [0.2, 0.25) is 0 Å². The molecule has 0 N–H and O–H groups in total. The summed E-state index contributed by atoms with van der Waals surface area (Å²) in [6.45, 7) is -0.353. The van der Waals surface area contributed by atoms with Crippen molar-refractivity contribution in [2.24, 2.45) is 0 Å². The molecule has 0 saturated carbocycles. The lowest BCUT2D eigenvalue weighted by atomic mass is 10.4. The molecule has 0 aliphatic carbocycles. The predicted molar refractivity (Wildman–Crippen MR) is 53.1 cm³/mol. The summed E-state index contributed by atoms with van der Waals surface area (Å²) < 4.78 is 45.1. The molecule has 0 aliphatic heterocycles. The van der Waals surface area contributed by atoms with Gasteiger partial charge >= 0.3 is 6.18 Å². The molecule has 0 radical (unpaired) electrons. The Morgan fingerprint density at radius 1 is 1.50 bits per heavy atom. The molecule has 92 valence electrons. The summed E-state index contributed by atoms with van der Waals surface area (Å²) in [5.74, 6) is 0. The van der Waals surface area contributed by atoms with Crippen LogP contribution >= 0.6 is 11.5 Å². The maximum absolute atomic E-state index is 12.2. The Kier molecular flexibility index (Phi) is 5.10. The fourth-order valence-electron chi connectivity index (χ4n) is 1.17. The first-order chi connectivity index (χ1) is 7.51. The number of ether oxygens (including phenoxy) is 1. The standard InChI is InChI=1S/C8H12F3N3OS/c1-15-3-2-14(6-8(9,10)11)4-7-5-16-13-12-7/h5H,2-4,6H2,1H3. The Morgan fingerprint density at radius 3 is 2.75 bits per heavy atom. The summed E-state index contributed by atoms with van der Waals surface area (Å²) in [6.07, 6.45) is -4.21. The summed E-state index contributed by atoms with van der Waals surface area (Å²) >= 11 is 1.12. The van der Waals surface area contributed by atoms with Crippen molar-refractivity contribution in [3.05, 3.63) is 11.1 Å². The minimum atomic E-state index is -4.21. The van der Waals surface area contributed by atoms with Crippen LogP contribution in [0, 0.1) is 0 Å². The quantitative estimate of drug-likeness (QED) is 0.773. The summed E-state index contributed by atoms with van der Waals surface area (Å²) in [5.41, 5.74) is 0.547. The third-order valence-corrected chi connectivity index (χ3v) is 2.36. The van der Waals surface area contributed by atoms with E-state index >= 15 is 0 Å². The molecule has 0 aliphatic rings. The molecule has 4 nitrogen and oxygen atoms in total. The topological polar surface area (TPSA) is 38.2 Å². The monoisotopic (exact) mass is 255 g/mol. The van der Waals surface area contributed by atoms with E-state index in [-0.39, 0.29) is 19.7 Å². The largest absolute Gasteiger partial charge is 0.401 e. The number of halogens is 3. The van der Waals surface area contributed by atoms with Crippen LogP contribution in [0.15, 0.2) is 5.38 Å². The molecule has 0 bridgehead atoms. The Labute approximate surface area is 95.2 Å². The second kappa shape index (κ2) is 6.12. The highest BCUT2D eigenvalue weighted by atomic mass is 32.1. The first-order valence-corrected chi connectivity index (χ1v) is 5.39. The lowest BCUT2D eigenvalue weighted by Crippen LogP contribution is -2.36. The molecule has 0 amide bonds. The van der Waals surface area contributed by atoms with Gasteiger partial charge < -0.3 is 4.74 Å². The molecule has 1 rings (SSSR count). The molecule has 0 atom stereocenters. The SMILES string of the molecule is COCCN(Cc1csnn1)CC(F)(F)F. The van der Waals surface area contributed by atoms with E-state index in [9.17, 15) is 13.2 Å². The highest BCUT2D eigenvalue weighted by Gasteiger charge is 2.30. The van der Waals surface area contributed by atoms with Crippen molar-refractivity contribution >= 4 is 11.5 Å². The van der Waals surface area contributed by atoms with Crippen LogP contribution in [0.1, 0.15) is 5.69 Å². The number of hydrogen-bond donors (Lipinski definition) is 0. The van der Waals surface area contributed by atoms with Crippen molar-refractivity contribution < 1.29 is 17.9 Å².